The van der Waals surface area contributed by atoms with Gasteiger partial charge >= 0.3 is 5.63 Å². The van der Waals surface area contributed by atoms with Gasteiger partial charge in [0.15, 0.2) is 11.5 Å². The second kappa shape index (κ2) is 7.80. The first kappa shape index (κ1) is 19.2. The van der Waals surface area contributed by atoms with Crippen molar-refractivity contribution in [1.82, 2.24) is 4.90 Å². The third kappa shape index (κ3) is 3.58. The van der Waals surface area contributed by atoms with Crippen LogP contribution in [0.2, 0.25) is 0 Å². The molecule has 0 aliphatic carbocycles. The molecular weight excluding hydrogens is 378 g/mol. The van der Waals surface area contributed by atoms with Gasteiger partial charge in [-0.15, -0.1) is 0 Å². The molecule has 5 nitrogen and oxygen atoms in total. The lowest BCUT2D eigenvalue weighted by atomic mass is 10.0. The molecule has 3 aromatic rings. The summed E-state index contributed by atoms with van der Waals surface area (Å²) >= 11 is 0. The smallest absolute Gasteiger partial charge is 0.336 e. The summed E-state index contributed by atoms with van der Waals surface area (Å²) in [5.74, 6) is 1.67. The van der Waals surface area contributed by atoms with Gasteiger partial charge < -0.3 is 13.9 Å². The maximum absolute atomic E-state index is 12.2. The van der Waals surface area contributed by atoms with Crippen molar-refractivity contribution in [2.75, 3.05) is 19.8 Å². The molecule has 1 aromatic heterocycles. The lowest BCUT2D eigenvalue weighted by molar-refractivity contribution is 0.248. The molecule has 0 N–H and O–H groups in total. The Morgan fingerprint density at radius 1 is 0.967 bits per heavy atom. The summed E-state index contributed by atoms with van der Waals surface area (Å²) in [6.07, 6.45) is 3.13. The zero-order chi connectivity index (χ0) is 20.7. The number of rotatable bonds is 3. The highest BCUT2D eigenvalue weighted by Crippen LogP contribution is 2.39. The Hall–Kier alpha value is -2.79. The molecule has 5 heteroatoms. The molecule has 0 amide bonds. The van der Waals surface area contributed by atoms with E-state index in [0.717, 1.165) is 60.4 Å². The van der Waals surface area contributed by atoms with Crippen LogP contribution in [0.1, 0.15) is 47.6 Å². The summed E-state index contributed by atoms with van der Waals surface area (Å²) in [6.45, 7) is 7.26. The number of benzene rings is 2. The first-order chi connectivity index (χ1) is 14.6. The molecule has 2 aliphatic rings. The molecule has 1 unspecified atom stereocenters. The molecule has 30 heavy (non-hydrogen) atoms. The number of fused-ring (bicyclic) bond motifs is 2. The van der Waals surface area contributed by atoms with Gasteiger partial charge in [0.25, 0.3) is 0 Å². The largest absolute Gasteiger partial charge is 0.490 e. The average Bonchev–Trinajstić information content (AvgIpc) is 3.05. The number of hydrogen-bond acceptors (Lipinski definition) is 5. The van der Waals surface area contributed by atoms with Gasteiger partial charge in [0.1, 0.15) is 5.58 Å². The van der Waals surface area contributed by atoms with Gasteiger partial charge in [-0.25, -0.2) is 4.79 Å². The fourth-order valence-electron chi connectivity index (χ4n) is 4.61. The van der Waals surface area contributed by atoms with Crippen molar-refractivity contribution >= 4 is 11.0 Å². The van der Waals surface area contributed by atoms with Crippen LogP contribution >= 0.6 is 0 Å². The summed E-state index contributed by atoms with van der Waals surface area (Å²) in [6, 6.07) is 12.4. The van der Waals surface area contributed by atoms with Crippen LogP contribution in [0, 0.1) is 13.8 Å². The van der Waals surface area contributed by atoms with Crippen molar-refractivity contribution in [3.05, 3.63) is 69.1 Å². The van der Waals surface area contributed by atoms with Gasteiger partial charge in [-0.2, -0.15) is 0 Å². The van der Waals surface area contributed by atoms with E-state index in [1.54, 1.807) is 6.07 Å². The zero-order valence-corrected chi connectivity index (χ0v) is 17.6. The molecule has 5 rings (SSSR count). The monoisotopic (exact) mass is 405 g/mol. The van der Waals surface area contributed by atoms with E-state index in [2.05, 4.69) is 30.0 Å². The van der Waals surface area contributed by atoms with E-state index in [1.807, 2.05) is 19.1 Å². The van der Waals surface area contributed by atoms with Crippen molar-refractivity contribution < 1.29 is 13.9 Å². The van der Waals surface area contributed by atoms with E-state index in [4.69, 9.17) is 13.9 Å². The lowest BCUT2D eigenvalue weighted by Crippen LogP contribution is -2.23. The van der Waals surface area contributed by atoms with Crippen LogP contribution in [0.15, 0.2) is 45.6 Å². The topological polar surface area (TPSA) is 51.9 Å². The van der Waals surface area contributed by atoms with Crippen molar-refractivity contribution in [2.24, 2.45) is 0 Å². The summed E-state index contributed by atoms with van der Waals surface area (Å²) in [4.78, 5) is 14.7. The second-order valence-electron chi connectivity index (χ2n) is 8.41. The SMILES string of the molecule is Cc1cc2oc(=O)cc(CN3CCCC3c3ccc4c(c3)OCCCO4)c2cc1C. The van der Waals surface area contributed by atoms with Gasteiger partial charge in [-0.1, -0.05) is 6.07 Å². The minimum atomic E-state index is -0.285. The van der Waals surface area contributed by atoms with Crippen LogP contribution in [0.25, 0.3) is 11.0 Å². The van der Waals surface area contributed by atoms with Crippen LogP contribution in [-0.4, -0.2) is 24.7 Å². The van der Waals surface area contributed by atoms with Gasteiger partial charge in [-0.3, -0.25) is 4.90 Å². The van der Waals surface area contributed by atoms with Gasteiger partial charge in [0.2, 0.25) is 0 Å². The maximum Gasteiger partial charge on any atom is 0.336 e. The van der Waals surface area contributed by atoms with E-state index in [0.29, 0.717) is 24.8 Å². The fourth-order valence-corrected chi connectivity index (χ4v) is 4.61. The van der Waals surface area contributed by atoms with E-state index < -0.39 is 0 Å². The van der Waals surface area contributed by atoms with Crippen LogP contribution in [0.3, 0.4) is 0 Å². The fraction of sp³-hybridized carbons (Fsp3) is 0.400. The minimum absolute atomic E-state index is 0.285. The minimum Gasteiger partial charge on any atom is -0.490 e. The molecule has 3 heterocycles. The summed E-state index contributed by atoms with van der Waals surface area (Å²) in [5.41, 5.74) is 5.01. The van der Waals surface area contributed by atoms with Crippen molar-refractivity contribution in [3.63, 3.8) is 0 Å². The Balaban J connectivity index is 1.47. The maximum atomic E-state index is 12.2. The second-order valence-corrected chi connectivity index (χ2v) is 8.41. The highest BCUT2D eigenvalue weighted by molar-refractivity contribution is 5.81. The zero-order valence-electron chi connectivity index (χ0n) is 17.6. The summed E-state index contributed by atoms with van der Waals surface area (Å²) in [7, 11) is 0. The predicted molar refractivity (Wildman–Crippen MR) is 116 cm³/mol. The van der Waals surface area contributed by atoms with E-state index >= 15 is 0 Å². The Morgan fingerprint density at radius 2 is 1.77 bits per heavy atom. The third-order valence-electron chi connectivity index (χ3n) is 6.34. The standard InChI is InChI=1S/C25H27NO4/c1-16-11-20-19(14-25(27)30-23(20)12-17(16)2)15-26-8-3-5-21(26)18-6-7-22-24(13-18)29-10-4-9-28-22/h6-7,11-14,21H,3-5,8-10,15H2,1-2H3. The Morgan fingerprint density at radius 3 is 2.63 bits per heavy atom. The number of nitrogens with zero attached hydrogens (tertiary/aromatic N) is 1. The molecule has 0 bridgehead atoms. The van der Waals surface area contributed by atoms with Crippen LogP contribution < -0.4 is 15.1 Å². The van der Waals surface area contributed by atoms with Crippen molar-refractivity contribution in [3.8, 4) is 11.5 Å². The molecule has 0 radical (unpaired) electrons. The van der Waals surface area contributed by atoms with Crippen LogP contribution in [0.5, 0.6) is 11.5 Å². The Kier molecular flexibility index (Phi) is 4.99. The molecule has 1 atom stereocenters. The van der Waals surface area contributed by atoms with Crippen LogP contribution in [-0.2, 0) is 6.54 Å². The first-order valence-electron chi connectivity index (χ1n) is 10.8. The molecule has 2 aliphatic heterocycles. The Labute approximate surface area is 176 Å². The van der Waals surface area contributed by atoms with Crippen LogP contribution in [0.4, 0.5) is 0 Å². The molecular formula is C25H27NO4. The number of aryl methyl sites for hydroxylation is 2. The quantitative estimate of drug-likeness (QED) is 0.580. The van der Waals surface area contributed by atoms with Crippen molar-refractivity contribution in [2.45, 2.75) is 45.7 Å². The average molecular weight is 405 g/mol. The van der Waals surface area contributed by atoms with E-state index in [1.165, 1.54) is 11.1 Å². The lowest BCUT2D eigenvalue weighted by Gasteiger charge is -2.26. The summed E-state index contributed by atoms with van der Waals surface area (Å²) < 4.78 is 17.2. The van der Waals surface area contributed by atoms with E-state index in [-0.39, 0.29) is 5.63 Å². The summed E-state index contributed by atoms with van der Waals surface area (Å²) in [5, 5.41) is 1.03. The molecule has 0 spiro atoms. The number of hydrogen-bond donors (Lipinski definition) is 0. The van der Waals surface area contributed by atoms with Gasteiger partial charge in [-0.05, 0) is 79.8 Å². The predicted octanol–water partition coefficient (Wildman–Crippen LogP) is 4.91. The molecule has 2 aromatic carbocycles. The first-order valence-corrected chi connectivity index (χ1v) is 10.8. The molecule has 156 valence electrons. The third-order valence-corrected chi connectivity index (χ3v) is 6.34. The van der Waals surface area contributed by atoms with Gasteiger partial charge in [0.05, 0.1) is 13.2 Å². The van der Waals surface area contributed by atoms with Crippen molar-refractivity contribution in [1.29, 1.82) is 0 Å². The molecule has 0 saturated carbocycles. The number of likely N-dealkylation sites (tertiary alicyclic amines) is 1. The number of ether oxygens (including phenoxy) is 2. The highest BCUT2D eigenvalue weighted by Gasteiger charge is 2.28. The van der Waals surface area contributed by atoms with E-state index in [9.17, 15) is 4.79 Å². The Bertz CT molecular complexity index is 1150. The normalized spacial score (nSPS) is 19.2. The van der Waals surface area contributed by atoms with Gasteiger partial charge in [0, 0.05) is 30.5 Å². The molecule has 1 fully saturated rings. The molecule has 1 saturated heterocycles. The highest BCUT2D eigenvalue weighted by atomic mass is 16.5.